The van der Waals surface area contributed by atoms with E-state index in [2.05, 4.69) is 14.7 Å². The lowest BCUT2D eigenvalue weighted by Crippen LogP contribution is -2.08. The maximum Gasteiger partial charge on any atom is 0.342 e. The number of aromatic amines is 1. The van der Waals surface area contributed by atoms with E-state index in [1.54, 1.807) is 13.2 Å². The van der Waals surface area contributed by atoms with Crippen LogP contribution in [-0.4, -0.2) is 23.0 Å². The predicted molar refractivity (Wildman–Crippen MR) is 67.9 cm³/mol. The highest BCUT2D eigenvalue weighted by Gasteiger charge is 2.16. The van der Waals surface area contributed by atoms with Gasteiger partial charge >= 0.3 is 5.97 Å². The molecule has 0 radical (unpaired) electrons. The van der Waals surface area contributed by atoms with Gasteiger partial charge in [-0.05, 0) is 25.5 Å². The summed E-state index contributed by atoms with van der Waals surface area (Å²) in [4.78, 5) is 18.7. The molecule has 0 aromatic carbocycles. The zero-order valence-electron chi connectivity index (χ0n) is 10.2. The van der Waals surface area contributed by atoms with E-state index in [-0.39, 0.29) is 10.2 Å². The predicted octanol–water partition coefficient (Wildman–Crippen LogP) is 2.80. The summed E-state index contributed by atoms with van der Waals surface area (Å²) in [5.74, 6) is 0.622. The second kappa shape index (κ2) is 4.73. The van der Waals surface area contributed by atoms with Crippen LogP contribution in [0.4, 0.5) is 0 Å². The average molecular weight is 264 g/mol. The Morgan fingerprint density at radius 3 is 2.72 bits per heavy atom. The van der Waals surface area contributed by atoms with Crippen molar-refractivity contribution in [3.05, 3.63) is 33.8 Å². The van der Waals surface area contributed by atoms with Crippen molar-refractivity contribution in [1.82, 2.24) is 9.97 Å². The van der Waals surface area contributed by atoms with E-state index in [0.29, 0.717) is 17.3 Å². The zero-order valence-corrected chi connectivity index (χ0v) is 11.1. The van der Waals surface area contributed by atoms with E-state index in [1.165, 1.54) is 7.11 Å². The monoisotopic (exact) mass is 264 g/mol. The van der Waals surface area contributed by atoms with Gasteiger partial charge in [-0.15, -0.1) is 0 Å². The highest BCUT2D eigenvalue weighted by molar-refractivity contribution is 7.71. The summed E-state index contributed by atoms with van der Waals surface area (Å²) >= 11 is 5.11. The van der Waals surface area contributed by atoms with Crippen LogP contribution in [0.25, 0.3) is 11.6 Å². The van der Waals surface area contributed by atoms with Crippen LogP contribution in [0.5, 0.6) is 0 Å². The number of carbonyl (C=O) groups excluding carboxylic acids is 1. The molecule has 0 amide bonds. The van der Waals surface area contributed by atoms with E-state index >= 15 is 0 Å². The zero-order chi connectivity index (χ0) is 13.3. The van der Waals surface area contributed by atoms with Crippen molar-refractivity contribution in [2.75, 3.05) is 7.11 Å². The standard InChI is InChI=1S/C12H12N2O3S/c1-6-4-5-17-9(6)10-13-7(2)8(11(18)14-10)12(15)16-3/h4-5H,1-3H3,(H,13,14,18). The number of hydrogen-bond acceptors (Lipinski definition) is 5. The van der Waals surface area contributed by atoms with Crippen molar-refractivity contribution in [2.45, 2.75) is 13.8 Å². The van der Waals surface area contributed by atoms with Crippen molar-refractivity contribution < 1.29 is 13.9 Å². The molecule has 0 spiro atoms. The van der Waals surface area contributed by atoms with Crippen molar-refractivity contribution in [3.8, 4) is 11.6 Å². The number of methoxy groups -OCH3 is 1. The fourth-order valence-electron chi connectivity index (χ4n) is 1.65. The molecule has 94 valence electrons. The van der Waals surface area contributed by atoms with Crippen LogP contribution in [-0.2, 0) is 4.74 Å². The van der Waals surface area contributed by atoms with Gasteiger partial charge in [0.25, 0.3) is 0 Å². The van der Waals surface area contributed by atoms with Gasteiger partial charge in [0.15, 0.2) is 11.6 Å². The van der Waals surface area contributed by atoms with Crippen molar-refractivity contribution >= 4 is 18.2 Å². The second-order valence-corrected chi connectivity index (χ2v) is 4.20. The molecule has 0 atom stereocenters. The molecule has 5 nitrogen and oxygen atoms in total. The van der Waals surface area contributed by atoms with E-state index in [0.717, 1.165) is 5.56 Å². The van der Waals surface area contributed by atoms with Gasteiger partial charge in [0.05, 0.1) is 13.4 Å². The van der Waals surface area contributed by atoms with Gasteiger partial charge in [-0.3, -0.25) is 0 Å². The third-order valence-corrected chi connectivity index (χ3v) is 2.87. The molecule has 0 fully saturated rings. The molecule has 0 unspecified atom stereocenters. The molecule has 1 N–H and O–H groups in total. The maximum atomic E-state index is 11.5. The Morgan fingerprint density at radius 2 is 2.22 bits per heavy atom. The number of rotatable bonds is 2. The Morgan fingerprint density at radius 1 is 1.50 bits per heavy atom. The highest BCUT2D eigenvalue weighted by atomic mass is 32.1. The Labute approximate surface area is 109 Å². The summed E-state index contributed by atoms with van der Waals surface area (Å²) in [5.41, 5.74) is 1.83. The molecule has 2 aromatic heterocycles. The lowest BCUT2D eigenvalue weighted by Gasteiger charge is -2.06. The van der Waals surface area contributed by atoms with Crippen LogP contribution in [0, 0.1) is 18.5 Å². The molecule has 0 aliphatic carbocycles. The molecule has 0 saturated carbocycles. The summed E-state index contributed by atoms with van der Waals surface area (Å²) in [7, 11) is 1.31. The van der Waals surface area contributed by atoms with Crippen LogP contribution >= 0.6 is 12.2 Å². The number of ether oxygens (including phenoxy) is 1. The molecule has 0 aliphatic heterocycles. The molecule has 6 heteroatoms. The second-order valence-electron chi connectivity index (χ2n) is 3.81. The first-order valence-corrected chi connectivity index (χ1v) is 5.69. The number of furan rings is 1. The molecule has 2 aromatic rings. The summed E-state index contributed by atoms with van der Waals surface area (Å²) in [6.07, 6.45) is 1.58. The van der Waals surface area contributed by atoms with Crippen molar-refractivity contribution in [3.63, 3.8) is 0 Å². The Hall–Kier alpha value is -1.95. The maximum absolute atomic E-state index is 11.5. The largest absolute Gasteiger partial charge is 0.465 e. The van der Waals surface area contributed by atoms with Crippen molar-refractivity contribution in [1.29, 1.82) is 0 Å². The number of H-pyrrole nitrogens is 1. The lowest BCUT2D eigenvalue weighted by atomic mass is 10.2. The number of hydrogen-bond donors (Lipinski definition) is 1. The summed E-state index contributed by atoms with van der Waals surface area (Å²) in [5, 5.41) is 0. The first-order chi connectivity index (χ1) is 8.54. The summed E-state index contributed by atoms with van der Waals surface area (Å²) in [6.45, 7) is 3.65. The van der Waals surface area contributed by atoms with Crippen LogP contribution in [0.1, 0.15) is 21.6 Å². The van der Waals surface area contributed by atoms with Gasteiger partial charge in [-0.1, -0.05) is 12.2 Å². The van der Waals surface area contributed by atoms with Gasteiger partial charge < -0.3 is 14.1 Å². The van der Waals surface area contributed by atoms with Crippen LogP contribution < -0.4 is 0 Å². The molecular formula is C12H12N2O3S. The van der Waals surface area contributed by atoms with Gasteiger partial charge in [0.2, 0.25) is 0 Å². The molecule has 0 bridgehead atoms. The molecule has 0 saturated heterocycles. The smallest absolute Gasteiger partial charge is 0.342 e. The van der Waals surface area contributed by atoms with E-state index < -0.39 is 5.97 Å². The Kier molecular flexibility index (Phi) is 3.29. The molecule has 0 aliphatic rings. The molecular weight excluding hydrogens is 252 g/mol. The Balaban J connectivity index is 2.60. The average Bonchev–Trinajstić information content (AvgIpc) is 2.74. The minimum Gasteiger partial charge on any atom is -0.465 e. The fraction of sp³-hybridized carbons (Fsp3) is 0.250. The third-order valence-electron chi connectivity index (χ3n) is 2.57. The fourth-order valence-corrected chi connectivity index (χ4v) is 1.98. The first-order valence-electron chi connectivity index (χ1n) is 5.28. The van der Waals surface area contributed by atoms with Gasteiger partial charge in [0, 0.05) is 5.69 Å². The van der Waals surface area contributed by atoms with Gasteiger partial charge in [0.1, 0.15) is 10.2 Å². The lowest BCUT2D eigenvalue weighted by molar-refractivity contribution is 0.0598. The SMILES string of the molecule is COC(=O)c1c(C)[nH]c(-c2occc2C)nc1=S. The Bertz CT molecular complexity index is 658. The number of esters is 1. The van der Waals surface area contributed by atoms with Crippen molar-refractivity contribution in [2.24, 2.45) is 0 Å². The summed E-state index contributed by atoms with van der Waals surface area (Å²) < 4.78 is 10.2. The first kappa shape index (κ1) is 12.5. The molecule has 2 heterocycles. The van der Waals surface area contributed by atoms with Gasteiger partial charge in [-0.2, -0.15) is 0 Å². The number of nitrogens with one attached hydrogen (secondary N) is 1. The normalized spacial score (nSPS) is 10.4. The third kappa shape index (κ3) is 2.06. The summed E-state index contributed by atoms with van der Waals surface area (Å²) in [6, 6.07) is 1.83. The number of nitrogens with zero attached hydrogens (tertiary/aromatic N) is 1. The van der Waals surface area contributed by atoms with Crippen LogP contribution in [0.2, 0.25) is 0 Å². The minimum absolute atomic E-state index is 0.198. The number of carbonyl (C=O) groups is 1. The topological polar surface area (TPSA) is 68.1 Å². The van der Waals surface area contributed by atoms with Crippen LogP contribution in [0.3, 0.4) is 0 Å². The highest BCUT2D eigenvalue weighted by Crippen LogP contribution is 2.22. The van der Waals surface area contributed by atoms with Gasteiger partial charge in [-0.25, -0.2) is 9.78 Å². The van der Waals surface area contributed by atoms with E-state index in [9.17, 15) is 4.79 Å². The van der Waals surface area contributed by atoms with Crippen LogP contribution in [0.15, 0.2) is 16.7 Å². The molecule has 18 heavy (non-hydrogen) atoms. The van der Waals surface area contributed by atoms with E-state index in [4.69, 9.17) is 16.6 Å². The van der Waals surface area contributed by atoms with E-state index in [1.807, 2.05) is 13.0 Å². The number of aryl methyl sites for hydroxylation is 2. The quantitative estimate of drug-likeness (QED) is 0.667. The molecule has 2 rings (SSSR count). The minimum atomic E-state index is -0.496. The number of aromatic nitrogens is 2.